The number of benzene rings is 2. The van der Waals surface area contributed by atoms with Crippen LogP contribution < -0.4 is 5.32 Å². The molecule has 0 saturated heterocycles. The van der Waals surface area contributed by atoms with Gasteiger partial charge in [-0.25, -0.2) is 13.2 Å². The van der Waals surface area contributed by atoms with E-state index in [0.717, 1.165) is 24.3 Å². The summed E-state index contributed by atoms with van der Waals surface area (Å²) in [6, 6.07) is 8.24. The smallest absolute Gasteiger partial charge is 0.141 e. The van der Waals surface area contributed by atoms with Gasteiger partial charge in [0.2, 0.25) is 0 Å². The molecule has 0 aliphatic rings. The Bertz CT molecular complexity index is 698. The first-order chi connectivity index (χ1) is 10.0. The number of hydrogen-bond donors (Lipinski definition) is 2. The van der Waals surface area contributed by atoms with Crippen LogP contribution in [0.4, 0.5) is 18.9 Å². The Morgan fingerprint density at radius 2 is 1.81 bits per heavy atom. The zero-order chi connectivity index (χ0) is 15.4. The van der Waals surface area contributed by atoms with E-state index in [9.17, 15) is 18.3 Å². The molecule has 1 atom stereocenters. The van der Waals surface area contributed by atoms with Crippen molar-refractivity contribution in [2.24, 2.45) is 0 Å². The third-order valence-corrected chi connectivity index (χ3v) is 2.90. The highest BCUT2D eigenvalue weighted by Crippen LogP contribution is 2.20. The second-order valence-corrected chi connectivity index (χ2v) is 4.37. The van der Waals surface area contributed by atoms with E-state index in [0.29, 0.717) is 5.69 Å². The predicted molar refractivity (Wildman–Crippen MR) is 70.9 cm³/mol. The molecule has 0 bridgehead atoms. The van der Waals surface area contributed by atoms with Crippen LogP contribution in [0.3, 0.4) is 0 Å². The van der Waals surface area contributed by atoms with E-state index in [1.165, 1.54) is 12.1 Å². The second kappa shape index (κ2) is 6.29. The fourth-order valence-electron chi connectivity index (χ4n) is 1.82. The van der Waals surface area contributed by atoms with Crippen molar-refractivity contribution in [3.8, 4) is 6.07 Å². The van der Waals surface area contributed by atoms with Crippen LogP contribution in [-0.2, 0) is 0 Å². The molecule has 0 aromatic heterocycles. The molecule has 0 radical (unpaired) electrons. The van der Waals surface area contributed by atoms with Crippen LogP contribution >= 0.6 is 0 Å². The minimum Gasteiger partial charge on any atom is -0.386 e. The first-order valence-electron chi connectivity index (χ1n) is 6.08. The molecule has 108 valence electrons. The molecule has 0 amide bonds. The quantitative estimate of drug-likeness (QED) is 0.910. The lowest BCUT2D eigenvalue weighted by Gasteiger charge is -2.14. The van der Waals surface area contributed by atoms with Crippen LogP contribution in [0, 0.1) is 28.8 Å². The summed E-state index contributed by atoms with van der Waals surface area (Å²) in [7, 11) is 0. The van der Waals surface area contributed by atoms with E-state index >= 15 is 0 Å². The first-order valence-corrected chi connectivity index (χ1v) is 6.08. The largest absolute Gasteiger partial charge is 0.386 e. The summed E-state index contributed by atoms with van der Waals surface area (Å²) in [5, 5.41) is 21.3. The van der Waals surface area contributed by atoms with Crippen molar-refractivity contribution in [2.75, 3.05) is 11.9 Å². The van der Waals surface area contributed by atoms with Crippen LogP contribution in [-0.4, -0.2) is 11.7 Å². The van der Waals surface area contributed by atoms with Gasteiger partial charge < -0.3 is 10.4 Å². The minimum atomic E-state index is -1.28. The molecule has 0 saturated carbocycles. The number of anilines is 1. The summed E-state index contributed by atoms with van der Waals surface area (Å²) in [5.74, 6) is -2.03. The number of aliphatic hydroxyl groups excluding tert-OH is 1. The predicted octanol–water partition coefficient (Wildman–Crippen LogP) is 3.12. The molecule has 0 aliphatic carbocycles. The molecule has 6 heteroatoms. The molecular formula is C15H11F3N2O. The minimum absolute atomic E-state index is 0.114. The van der Waals surface area contributed by atoms with Crippen molar-refractivity contribution in [3.63, 3.8) is 0 Å². The number of nitriles is 1. The average Bonchev–Trinajstić information content (AvgIpc) is 2.48. The van der Waals surface area contributed by atoms with Gasteiger partial charge in [0.15, 0.2) is 0 Å². The molecule has 0 aliphatic heterocycles. The SMILES string of the molecule is N#Cc1cc(NCC(O)c2cc(F)ccc2F)ccc1F. The van der Waals surface area contributed by atoms with Gasteiger partial charge in [0.25, 0.3) is 0 Å². The normalized spacial score (nSPS) is 11.8. The van der Waals surface area contributed by atoms with Gasteiger partial charge in [0.1, 0.15) is 23.5 Å². The Balaban J connectivity index is 2.09. The van der Waals surface area contributed by atoms with Gasteiger partial charge in [-0.05, 0) is 36.4 Å². The van der Waals surface area contributed by atoms with Crippen LogP contribution in [0.5, 0.6) is 0 Å². The Morgan fingerprint density at radius 3 is 2.52 bits per heavy atom. The van der Waals surface area contributed by atoms with Gasteiger partial charge in [-0.3, -0.25) is 0 Å². The van der Waals surface area contributed by atoms with Crippen molar-refractivity contribution in [2.45, 2.75) is 6.10 Å². The number of rotatable bonds is 4. The van der Waals surface area contributed by atoms with Crippen LogP contribution in [0.2, 0.25) is 0 Å². The summed E-state index contributed by atoms with van der Waals surface area (Å²) in [6.07, 6.45) is -1.28. The van der Waals surface area contributed by atoms with Crippen LogP contribution in [0.1, 0.15) is 17.2 Å². The number of aliphatic hydroxyl groups is 1. The summed E-state index contributed by atoms with van der Waals surface area (Å²) in [5.41, 5.74) is 0.0698. The fraction of sp³-hybridized carbons (Fsp3) is 0.133. The lowest BCUT2D eigenvalue weighted by Crippen LogP contribution is -2.14. The van der Waals surface area contributed by atoms with E-state index in [1.54, 1.807) is 6.07 Å². The topological polar surface area (TPSA) is 56.0 Å². The number of hydrogen-bond acceptors (Lipinski definition) is 3. The van der Waals surface area contributed by atoms with E-state index < -0.39 is 23.6 Å². The first kappa shape index (κ1) is 14.9. The summed E-state index contributed by atoms with van der Waals surface area (Å²) < 4.78 is 39.6. The highest BCUT2D eigenvalue weighted by atomic mass is 19.1. The summed E-state index contributed by atoms with van der Waals surface area (Å²) >= 11 is 0. The molecule has 21 heavy (non-hydrogen) atoms. The molecule has 0 fully saturated rings. The summed E-state index contributed by atoms with van der Waals surface area (Å²) in [6.45, 7) is -0.114. The maximum absolute atomic E-state index is 13.5. The number of nitrogens with one attached hydrogen (secondary N) is 1. The van der Waals surface area contributed by atoms with Gasteiger partial charge in [-0.2, -0.15) is 5.26 Å². The van der Waals surface area contributed by atoms with Crippen LogP contribution in [0.15, 0.2) is 36.4 Å². The zero-order valence-electron chi connectivity index (χ0n) is 10.8. The van der Waals surface area contributed by atoms with Crippen molar-refractivity contribution in [1.29, 1.82) is 5.26 Å². The molecule has 0 spiro atoms. The van der Waals surface area contributed by atoms with Gasteiger partial charge in [0, 0.05) is 17.8 Å². The molecule has 2 aromatic rings. The van der Waals surface area contributed by atoms with E-state index in [4.69, 9.17) is 5.26 Å². The molecular weight excluding hydrogens is 281 g/mol. The lowest BCUT2D eigenvalue weighted by molar-refractivity contribution is 0.186. The summed E-state index contributed by atoms with van der Waals surface area (Å²) in [4.78, 5) is 0. The maximum Gasteiger partial charge on any atom is 0.141 e. The molecule has 2 rings (SSSR count). The molecule has 3 nitrogen and oxygen atoms in total. The van der Waals surface area contributed by atoms with Crippen molar-refractivity contribution in [3.05, 3.63) is 65.0 Å². The number of nitrogens with zero attached hydrogens (tertiary/aromatic N) is 1. The Kier molecular flexibility index (Phi) is 4.45. The second-order valence-electron chi connectivity index (χ2n) is 4.37. The highest BCUT2D eigenvalue weighted by Gasteiger charge is 2.14. The van der Waals surface area contributed by atoms with Gasteiger partial charge in [-0.15, -0.1) is 0 Å². The third kappa shape index (κ3) is 3.52. The van der Waals surface area contributed by atoms with Crippen LogP contribution in [0.25, 0.3) is 0 Å². The molecule has 2 N–H and O–H groups in total. The number of halogens is 3. The van der Waals surface area contributed by atoms with Gasteiger partial charge in [-0.1, -0.05) is 0 Å². The van der Waals surface area contributed by atoms with Crippen molar-refractivity contribution >= 4 is 5.69 Å². The molecule has 1 unspecified atom stereocenters. The lowest BCUT2D eigenvalue weighted by atomic mass is 10.1. The Labute approximate surface area is 119 Å². The Hall–Kier alpha value is -2.52. The average molecular weight is 292 g/mol. The molecule has 0 heterocycles. The van der Waals surface area contributed by atoms with Crippen molar-refractivity contribution in [1.82, 2.24) is 0 Å². The van der Waals surface area contributed by atoms with Crippen molar-refractivity contribution < 1.29 is 18.3 Å². The molecule has 2 aromatic carbocycles. The monoisotopic (exact) mass is 292 g/mol. The Morgan fingerprint density at radius 1 is 1.10 bits per heavy atom. The van der Waals surface area contributed by atoms with E-state index in [2.05, 4.69) is 5.32 Å². The highest BCUT2D eigenvalue weighted by molar-refractivity contribution is 5.50. The van der Waals surface area contributed by atoms with E-state index in [1.807, 2.05) is 0 Å². The van der Waals surface area contributed by atoms with E-state index in [-0.39, 0.29) is 17.7 Å². The van der Waals surface area contributed by atoms with Gasteiger partial charge in [0.05, 0.1) is 11.7 Å². The third-order valence-electron chi connectivity index (χ3n) is 2.90. The fourth-order valence-corrected chi connectivity index (χ4v) is 1.82. The standard InChI is InChI=1S/C15H11F3N2O/c16-10-1-3-14(18)12(6-10)15(21)8-20-11-2-4-13(17)9(5-11)7-19/h1-6,15,20-21H,8H2. The van der Waals surface area contributed by atoms with Gasteiger partial charge >= 0.3 is 0 Å². The zero-order valence-corrected chi connectivity index (χ0v) is 10.8. The maximum atomic E-state index is 13.5.